The number of benzene rings is 1. The summed E-state index contributed by atoms with van der Waals surface area (Å²) in [4.78, 5) is 0. The molecule has 0 aromatic heterocycles. The Labute approximate surface area is 104 Å². The lowest BCUT2D eigenvalue weighted by Crippen LogP contribution is -2.36. The summed E-state index contributed by atoms with van der Waals surface area (Å²) in [6.45, 7) is 3.15. The van der Waals surface area contributed by atoms with Crippen LogP contribution in [-0.2, 0) is 12.6 Å². The molecule has 1 aliphatic carbocycles. The third-order valence-electron chi connectivity index (χ3n) is 4.15. The van der Waals surface area contributed by atoms with Crippen molar-refractivity contribution in [1.82, 2.24) is 5.32 Å². The topological polar surface area (TPSA) is 12.0 Å². The molecular weight excluding hydrogens is 239 g/mol. The van der Waals surface area contributed by atoms with E-state index in [4.69, 9.17) is 0 Å². The van der Waals surface area contributed by atoms with E-state index >= 15 is 0 Å². The molecule has 18 heavy (non-hydrogen) atoms. The van der Waals surface area contributed by atoms with Gasteiger partial charge in [0.15, 0.2) is 0 Å². The van der Waals surface area contributed by atoms with Gasteiger partial charge in [-0.1, -0.05) is 13.0 Å². The first-order valence-electron chi connectivity index (χ1n) is 6.38. The van der Waals surface area contributed by atoms with Crippen molar-refractivity contribution in [2.75, 3.05) is 6.54 Å². The fourth-order valence-corrected chi connectivity index (χ4v) is 3.34. The summed E-state index contributed by atoms with van der Waals surface area (Å²) < 4.78 is 38.0. The summed E-state index contributed by atoms with van der Waals surface area (Å²) in [7, 11) is 0. The van der Waals surface area contributed by atoms with Gasteiger partial charge in [0.05, 0.1) is 5.56 Å². The van der Waals surface area contributed by atoms with Gasteiger partial charge in [-0.2, -0.15) is 13.2 Å². The lowest BCUT2D eigenvalue weighted by Gasteiger charge is -2.31. The molecule has 3 rings (SSSR count). The van der Waals surface area contributed by atoms with Gasteiger partial charge >= 0.3 is 6.18 Å². The maximum Gasteiger partial charge on any atom is 0.416 e. The number of hydrogen-bond donors (Lipinski definition) is 1. The number of fused-ring (bicyclic) bond motifs is 3. The van der Waals surface area contributed by atoms with Crippen LogP contribution in [0.25, 0.3) is 0 Å². The number of rotatable bonds is 0. The van der Waals surface area contributed by atoms with Crippen molar-refractivity contribution >= 4 is 0 Å². The second-order valence-electron chi connectivity index (χ2n) is 5.60. The molecule has 0 amide bonds. The number of piperidine rings is 1. The molecule has 1 aliphatic heterocycles. The van der Waals surface area contributed by atoms with Crippen LogP contribution in [0.2, 0.25) is 0 Å². The van der Waals surface area contributed by atoms with Crippen LogP contribution in [0.1, 0.15) is 36.1 Å². The Hall–Kier alpha value is -1.03. The highest BCUT2D eigenvalue weighted by atomic mass is 19.4. The summed E-state index contributed by atoms with van der Waals surface area (Å²) in [5.74, 6) is 1.08. The minimum Gasteiger partial charge on any atom is -0.309 e. The molecule has 2 unspecified atom stereocenters. The Morgan fingerprint density at radius 3 is 2.78 bits per heavy atom. The second-order valence-corrected chi connectivity index (χ2v) is 5.60. The molecule has 1 aromatic carbocycles. The van der Waals surface area contributed by atoms with Gasteiger partial charge in [0.2, 0.25) is 0 Å². The van der Waals surface area contributed by atoms with Crippen molar-refractivity contribution in [3.05, 3.63) is 34.9 Å². The first kappa shape index (κ1) is 12.0. The molecule has 1 nitrogen and oxygen atoms in total. The fourth-order valence-electron chi connectivity index (χ4n) is 3.34. The molecule has 1 saturated heterocycles. The quantitative estimate of drug-likeness (QED) is 0.747. The molecule has 0 spiro atoms. The monoisotopic (exact) mass is 255 g/mol. The normalized spacial score (nSPS) is 31.0. The Balaban J connectivity index is 1.93. The van der Waals surface area contributed by atoms with Crippen molar-refractivity contribution in [1.29, 1.82) is 0 Å². The van der Waals surface area contributed by atoms with Gasteiger partial charge in [0.25, 0.3) is 0 Å². The maximum atomic E-state index is 12.7. The third-order valence-corrected chi connectivity index (χ3v) is 4.15. The molecular formula is C14H16F3N. The first-order valence-corrected chi connectivity index (χ1v) is 6.38. The lowest BCUT2D eigenvalue weighted by atomic mass is 9.86. The summed E-state index contributed by atoms with van der Waals surface area (Å²) in [5.41, 5.74) is 1.43. The van der Waals surface area contributed by atoms with Gasteiger partial charge in [-0.05, 0) is 54.5 Å². The van der Waals surface area contributed by atoms with E-state index in [2.05, 4.69) is 12.2 Å². The van der Waals surface area contributed by atoms with E-state index in [1.165, 1.54) is 12.1 Å². The molecule has 3 atom stereocenters. The van der Waals surface area contributed by atoms with Crippen molar-refractivity contribution in [2.45, 2.75) is 32.0 Å². The zero-order valence-electron chi connectivity index (χ0n) is 10.2. The smallest absolute Gasteiger partial charge is 0.309 e. The molecule has 0 saturated carbocycles. The average Bonchev–Trinajstić information content (AvgIpc) is 2.63. The van der Waals surface area contributed by atoms with E-state index < -0.39 is 11.7 Å². The van der Waals surface area contributed by atoms with E-state index in [1.807, 2.05) is 0 Å². The minimum atomic E-state index is -4.23. The Bertz CT molecular complexity index is 467. The molecule has 1 fully saturated rings. The van der Waals surface area contributed by atoms with E-state index in [0.717, 1.165) is 30.5 Å². The van der Waals surface area contributed by atoms with Crippen LogP contribution in [0.5, 0.6) is 0 Å². The Morgan fingerprint density at radius 2 is 2.06 bits per heavy atom. The molecule has 0 bridgehead atoms. The van der Waals surface area contributed by atoms with Crippen LogP contribution in [0.15, 0.2) is 18.2 Å². The van der Waals surface area contributed by atoms with E-state index in [9.17, 15) is 13.2 Å². The average molecular weight is 255 g/mol. The predicted molar refractivity (Wildman–Crippen MR) is 63.2 cm³/mol. The van der Waals surface area contributed by atoms with Crippen molar-refractivity contribution in [3.8, 4) is 0 Å². The number of halogens is 3. The van der Waals surface area contributed by atoms with Gasteiger partial charge < -0.3 is 5.32 Å². The third kappa shape index (κ3) is 1.92. The van der Waals surface area contributed by atoms with Crippen LogP contribution in [0, 0.1) is 11.8 Å². The Morgan fingerprint density at radius 1 is 1.28 bits per heavy atom. The van der Waals surface area contributed by atoms with Crippen LogP contribution < -0.4 is 5.32 Å². The van der Waals surface area contributed by atoms with E-state index in [-0.39, 0.29) is 6.04 Å². The molecule has 98 valence electrons. The SMILES string of the molecule is C[C@H]1CNC2c3ccc(C(F)(F)F)cc3CC2C1. The first-order chi connectivity index (χ1) is 8.45. The predicted octanol–water partition coefficient (Wildman–Crippen LogP) is 3.55. The highest BCUT2D eigenvalue weighted by Crippen LogP contribution is 2.43. The van der Waals surface area contributed by atoms with Gasteiger partial charge in [-0.25, -0.2) is 0 Å². The minimum absolute atomic E-state index is 0.262. The zero-order valence-corrected chi connectivity index (χ0v) is 10.2. The summed E-state index contributed by atoms with van der Waals surface area (Å²) in [6.07, 6.45) is -2.35. The number of hydrogen-bond acceptors (Lipinski definition) is 1. The van der Waals surface area contributed by atoms with Crippen LogP contribution in [0.4, 0.5) is 13.2 Å². The standard InChI is InChI=1S/C14H16F3N/c1-8-4-10-5-9-6-11(14(15,16)17)2-3-12(9)13(10)18-7-8/h2-3,6,8,10,13,18H,4-5,7H2,1H3/t8-,10?,13?/m1/s1. The second kappa shape index (κ2) is 3.98. The summed E-state index contributed by atoms with van der Waals surface area (Å²) in [5, 5.41) is 3.46. The van der Waals surface area contributed by atoms with Crippen LogP contribution >= 0.6 is 0 Å². The summed E-state index contributed by atoms with van der Waals surface area (Å²) in [6, 6.07) is 4.46. The lowest BCUT2D eigenvalue weighted by molar-refractivity contribution is -0.137. The van der Waals surface area contributed by atoms with Crippen LogP contribution in [0.3, 0.4) is 0 Å². The molecule has 1 N–H and O–H groups in total. The molecule has 1 aromatic rings. The van der Waals surface area contributed by atoms with Crippen molar-refractivity contribution < 1.29 is 13.2 Å². The summed E-state index contributed by atoms with van der Waals surface area (Å²) >= 11 is 0. The fraction of sp³-hybridized carbons (Fsp3) is 0.571. The maximum absolute atomic E-state index is 12.7. The van der Waals surface area contributed by atoms with Crippen molar-refractivity contribution in [2.24, 2.45) is 11.8 Å². The molecule has 4 heteroatoms. The zero-order chi connectivity index (χ0) is 12.9. The van der Waals surface area contributed by atoms with Gasteiger partial charge in [0.1, 0.15) is 0 Å². The van der Waals surface area contributed by atoms with Gasteiger partial charge in [-0.15, -0.1) is 0 Å². The molecule has 0 radical (unpaired) electrons. The number of nitrogens with one attached hydrogen (secondary N) is 1. The van der Waals surface area contributed by atoms with Gasteiger partial charge in [-0.3, -0.25) is 0 Å². The molecule has 2 aliphatic rings. The van der Waals surface area contributed by atoms with Crippen LogP contribution in [-0.4, -0.2) is 6.54 Å². The largest absolute Gasteiger partial charge is 0.416 e. The number of alkyl halides is 3. The van der Waals surface area contributed by atoms with E-state index in [1.54, 1.807) is 6.07 Å². The highest BCUT2D eigenvalue weighted by Gasteiger charge is 2.38. The van der Waals surface area contributed by atoms with Gasteiger partial charge in [0, 0.05) is 6.04 Å². The Kier molecular flexibility index (Phi) is 2.66. The van der Waals surface area contributed by atoms with Crippen molar-refractivity contribution in [3.63, 3.8) is 0 Å². The molecule has 1 heterocycles. The van der Waals surface area contributed by atoms with E-state index in [0.29, 0.717) is 11.8 Å². The highest BCUT2D eigenvalue weighted by molar-refractivity contribution is 5.40.